The lowest BCUT2D eigenvalue weighted by Crippen LogP contribution is -2.34. The van der Waals surface area contributed by atoms with Gasteiger partial charge in [0.2, 0.25) is 5.91 Å². The number of benzene rings is 2. The molecule has 2 rings (SSSR count). The number of methoxy groups -OCH3 is 2. The lowest BCUT2D eigenvalue weighted by Gasteiger charge is -2.18. The number of carbonyl (C=O) groups excluding carboxylic acids is 1. The van der Waals surface area contributed by atoms with Gasteiger partial charge in [0.15, 0.2) is 11.5 Å². The number of carbonyl (C=O) groups is 1. The molecule has 0 aliphatic heterocycles. The lowest BCUT2D eigenvalue weighted by molar-refractivity contribution is -0.122. The molecule has 2 aromatic rings. The van der Waals surface area contributed by atoms with Crippen LogP contribution in [0.1, 0.15) is 11.1 Å². The van der Waals surface area contributed by atoms with Gasteiger partial charge in [-0.15, -0.1) is 0 Å². The first kappa shape index (κ1) is 20.0. The van der Waals surface area contributed by atoms with Gasteiger partial charge >= 0.3 is 0 Å². The van der Waals surface area contributed by atoms with Gasteiger partial charge in [-0.1, -0.05) is 23.7 Å². The fourth-order valence-corrected chi connectivity index (χ4v) is 2.72. The van der Waals surface area contributed by atoms with E-state index in [1.807, 2.05) is 12.1 Å². The van der Waals surface area contributed by atoms with Gasteiger partial charge < -0.3 is 14.8 Å². The van der Waals surface area contributed by atoms with E-state index in [-0.39, 0.29) is 24.8 Å². The van der Waals surface area contributed by atoms with Crippen LogP contribution < -0.4 is 14.8 Å². The molecule has 140 valence electrons. The van der Waals surface area contributed by atoms with Crippen LogP contribution in [-0.2, 0) is 17.9 Å². The van der Waals surface area contributed by atoms with Crippen LogP contribution in [-0.4, -0.2) is 38.6 Å². The zero-order valence-corrected chi connectivity index (χ0v) is 15.8. The summed E-state index contributed by atoms with van der Waals surface area (Å²) in [5, 5.41) is 3.18. The minimum absolute atomic E-state index is 0.123. The van der Waals surface area contributed by atoms with Crippen molar-refractivity contribution in [3.8, 4) is 11.5 Å². The predicted octanol–water partition coefficient (Wildman–Crippen LogP) is 3.24. The van der Waals surface area contributed by atoms with Crippen molar-refractivity contribution in [2.75, 3.05) is 27.8 Å². The first-order chi connectivity index (χ1) is 12.4. The minimum Gasteiger partial charge on any atom is -0.493 e. The van der Waals surface area contributed by atoms with E-state index in [4.69, 9.17) is 21.1 Å². The van der Waals surface area contributed by atoms with E-state index in [1.54, 1.807) is 44.4 Å². The minimum atomic E-state index is -0.380. The fourth-order valence-electron chi connectivity index (χ4n) is 2.50. The molecule has 0 aliphatic carbocycles. The van der Waals surface area contributed by atoms with Gasteiger partial charge in [0, 0.05) is 23.7 Å². The Morgan fingerprint density at radius 3 is 2.58 bits per heavy atom. The second kappa shape index (κ2) is 9.40. The van der Waals surface area contributed by atoms with Gasteiger partial charge in [-0.25, -0.2) is 4.39 Å². The van der Waals surface area contributed by atoms with Crippen molar-refractivity contribution in [3.05, 3.63) is 58.4 Å². The topological polar surface area (TPSA) is 50.8 Å². The molecule has 0 atom stereocenters. The maximum atomic E-state index is 13.8. The van der Waals surface area contributed by atoms with Crippen LogP contribution in [0.15, 0.2) is 36.4 Å². The zero-order valence-electron chi connectivity index (χ0n) is 15.0. The first-order valence-electron chi connectivity index (χ1n) is 8.03. The highest BCUT2D eigenvalue weighted by Crippen LogP contribution is 2.27. The highest BCUT2D eigenvalue weighted by atomic mass is 35.5. The van der Waals surface area contributed by atoms with Crippen molar-refractivity contribution in [3.63, 3.8) is 0 Å². The molecule has 0 unspecified atom stereocenters. The standard InChI is InChI=1S/C19H22ClFN2O3/c1-23(11-14-15(20)5-4-6-16(14)21)12-19(24)22-10-13-7-8-17(25-2)18(9-13)26-3/h4-9H,10-12H2,1-3H3,(H,22,24). The maximum Gasteiger partial charge on any atom is 0.234 e. The number of amides is 1. The Bertz CT molecular complexity index is 750. The van der Waals surface area contributed by atoms with Crippen molar-refractivity contribution in [2.45, 2.75) is 13.1 Å². The molecular weight excluding hydrogens is 359 g/mol. The van der Waals surface area contributed by atoms with E-state index in [1.165, 1.54) is 6.07 Å². The summed E-state index contributed by atoms with van der Waals surface area (Å²) in [6.45, 7) is 0.723. The van der Waals surface area contributed by atoms with Crippen molar-refractivity contribution >= 4 is 17.5 Å². The Balaban J connectivity index is 1.88. The Kier molecular flexibility index (Phi) is 7.24. The molecule has 0 saturated heterocycles. The summed E-state index contributed by atoms with van der Waals surface area (Å²) >= 11 is 6.02. The molecule has 1 N–H and O–H groups in total. The van der Waals surface area contributed by atoms with Gasteiger partial charge in [0.05, 0.1) is 20.8 Å². The van der Waals surface area contributed by atoms with E-state index in [0.717, 1.165) is 5.56 Å². The van der Waals surface area contributed by atoms with Crippen molar-refractivity contribution in [2.24, 2.45) is 0 Å². The van der Waals surface area contributed by atoms with Crippen LogP contribution in [0.25, 0.3) is 0 Å². The fraction of sp³-hybridized carbons (Fsp3) is 0.316. The van der Waals surface area contributed by atoms with E-state index in [0.29, 0.717) is 28.6 Å². The van der Waals surface area contributed by atoms with Crippen molar-refractivity contribution < 1.29 is 18.7 Å². The second-order valence-electron chi connectivity index (χ2n) is 5.84. The number of hydrogen-bond acceptors (Lipinski definition) is 4. The van der Waals surface area contributed by atoms with Gasteiger partial charge in [-0.2, -0.15) is 0 Å². The molecule has 0 aromatic heterocycles. The molecule has 26 heavy (non-hydrogen) atoms. The molecule has 0 bridgehead atoms. The van der Waals surface area contributed by atoms with Crippen molar-refractivity contribution in [1.29, 1.82) is 0 Å². The largest absolute Gasteiger partial charge is 0.493 e. The Hall–Kier alpha value is -2.31. The summed E-state index contributed by atoms with van der Waals surface area (Å²) in [7, 11) is 4.86. The van der Waals surface area contributed by atoms with E-state index in [2.05, 4.69) is 5.32 Å². The van der Waals surface area contributed by atoms with Crippen LogP contribution in [0.4, 0.5) is 4.39 Å². The van der Waals surface area contributed by atoms with E-state index >= 15 is 0 Å². The molecule has 0 fully saturated rings. The number of likely N-dealkylation sites (N-methyl/N-ethyl adjacent to an activating group) is 1. The molecule has 0 spiro atoms. The van der Waals surface area contributed by atoms with Crippen molar-refractivity contribution in [1.82, 2.24) is 10.2 Å². The normalized spacial score (nSPS) is 10.7. The highest BCUT2D eigenvalue weighted by Gasteiger charge is 2.13. The molecule has 0 heterocycles. The third kappa shape index (κ3) is 5.34. The monoisotopic (exact) mass is 380 g/mol. The molecule has 2 aromatic carbocycles. The Labute approximate surface area is 157 Å². The smallest absolute Gasteiger partial charge is 0.234 e. The Morgan fingerprint density at radius 1 is 1.19 bits per heavy atom. The summed E-state index contributed by atoms with van der Waals surface area (Å²) in [6, 6.07) is 9.98. The maximum absolute atomic E-state index is 13.8. The lowest BCUT2D eigenvalue weighted by atomic mass is 10.2. The molecule has 5 nitrogen and oxygen atoms in total. The average molecular weight is 381 g/mol. The molecule has 0 saturated carbocycles. The Morgan fingerprint density at radius 2 is 1.92 bits per heavy atom. The van der Waals surface area contributed by atoms with Crippen LogP contribution in [0.3, 0.4) is 0 Å². The van der Waals surface area contributed by atoms with Gasteiger partial charge in [0.25, 0.3) is 0 Å². The quantitative estimate of drug-likeness (QED) is 0.763. The highest BCUT2D eigenvalue weighted by molar-refractivity contribution is 6.31. The number of nitrogens with one attached hydrogen (secondary N) is 1. The van der Waals surface area contributed by atoms with Crippen LogP contribution in [0.2, 0.25) is 5.02 Å². The van der Waals surface area contributed by atoms with E-state index in [9.17, 15) is 9.18 Å². The van der Waals surface area contributed by atoms with Crippen LogP contribution in [0.5, 0.6) is 11.5 Å². The first-order valence-corrected chi connectivity index (χ1v) is 8.41. The summed E-state index contributed by atoms with van der Waals surface area (Å²) < 4.78 is 24.2. The molecule has 0 aliphatic rings. The molecule has 7 heteroatoms. The third-order valence-electron chi connectivity index (χ3n) is 3.84. The van der Waals surface area contributed by atoms with Gasteiger partial charge in [0.1, 0.15) is 5.82 Å². The summed E-state index contributed by atoms with van der Waals surface area (Å²) in [5.41, 5.74) is 1.26. The number of halogens is 2. The molecular formula is C19H22ClFN2O3. The summed E-state index contributed by atoms with van der Waals surface area (Å²) in [4.78, 5) is 13.8. The average Bonchev–Trinajstić information content (AvgIpc) is 2.62. The summed E-state index contributed by atoms with van der Waals surface area (Å²) in [6.07, 6.45) is 0. The second-order valence-corrected chi connectivity index (χ2v) is 6.25. The van der Waals surface area contributed by atoms with Gasteiger partial charge in [-0.05, 0) is 36.9 Å². The number of nitrogens with zero attached hydrogens (tertiary/aromatic N) is 1. The third-order valence-corrected chi connectivity index (χ3v) is 4.19. The number of ether oxygens (including phenoxy) is 2. The van der Waals surface area contributed by atoms with E-state index < -0.39 is 0 Å². The molecule has 1 amide bonds. The van der Waals surface area contributed by atoms with Crippen LogP contribution in [0, 0.1) is 5.82 Å². The number of rotatable bonds is 8. The van der Waals surface area contributed by atoms with Gasteiger partial charge in [-0.3, -0.25) is 9.69 Å². The summed E-state index contributed by atoms with van der Waals surface area (Å²) in [5.74, 6) is 0.680. The predicted molar refractivity (Wildman–Crippen MR) is 99.1 cm³/mol. The SMILES string of the molecule is COc1ccc(CNC(=O)CN(C)Cc2c(F)cccc2Cl)cc1OC. The molecule has 0 radical (unpaired) electrons. The zero-order chi connectivity index (χ0) is 19.1. The van der Waals surface area contributed by atoms with Crippen LogP contribution >= 0.6 is 11.6 Å². The number of hydrogen-bond donors (Lipinski definition) is 1.